The molecular weight excluding hydrogens is 226 g/mol. The minimum atomic E-state index is 0.793. The highest BCUT2D eigenvalue weighted by molar-refractivity contribution is 5.50. The Hall–Kier alpha value is -1.75. The molecule has 0 bridgehead atoms. The number of aryl methyl sites for hydroxylation is 2. The number of aromatic nitrogens is 4. The van der Waals surface area contributed by atoms with Gasteiger partial charge < -0.3 is 9.88 Å². The minimum absolute atomic E-state index is 0.793. The van der Waals surface area contributed by atoms with Crippen molar-refractivity contribution in [2.45, 2.75) is 32.9 Å². The molecule has 0 spiro atoms. The molecule has 0 radical (unpaired) electrons. The van der Waals surface area contributed by atoms with E-state index >= 15 is 0 Å². The molecule has 5 nitrogen and oxygen atoms in total. The van der Waals surface area contributed by atoms with Crippen LogP contribution < -0.4 is 5.32 Å². The maximum atomic E-state index is 4.73. The molecule has 1 N–H and O–H groups in total. The van der Waals surface area contributed by atoms with Gasteiger partial charge in [0, 0.05) is 31.4 Å². The van der Waals surface area contributed by atoms with Gasteiger partial charge >= 0.3 is 0 Å². The summed E-state index contributed by atoms with van der Waals surface area (Å²) in [4.78, 5) is 13.5. The Kier molecular flexibility index (Phi) is 2.83. The number of hydrogen-bond donors (Lipinski definition) is 1. The van der Waals surface area contributed by atoms with Crippen LogP contribution in [0.3, 0.4) is 0 Å². The zero-order chi connectivity index (χ0) is 12.5. The van der Waals surface area contributed by atoms with Gasteiger partial charge in [-0.05, 0) is 6.42 Å². The lowest BCUT2D eigenvalue weighted by Crippen LogP contribution is -2.05. The number of hydrogen-bond acceptors (Lipinski definition) is 4. The molecule has 1 aliphatic rings. The fourth-order valence-corrected chi connectivity index (χ4v) is 2.37. The summed E-state index contributed by atoms with van der Waals surface area (Å²) in [5.41, 5.74) is 4.60. The maximum absolute atomic E-state index is 4.73. The Bertz CT molecular complexity index is 573. The lowest BCUT2D eigenvalue weighted by Gasteiger charge is -2.09. The van der Waals surface area contributed by atoms with Crippen molar-refractivity contribution in [1.82, 2.24) is 24.8 Å². The largest absolute Gasteiger partial charge is 0.331 e. The van der Waals surface area contributed by atoms with E-state index in [1.807, 2.05) is 17.8 Å². The van der Waals surface area contributed by atoms with E-state index in [0.717, 1.165) is 43.1 Å². The first-order valence-corrected chi connectivity index (χ1v) is 6.35. The summed E-state index contributed by atoms with van der Waals surface area (Å²) in [5, 5.41) is 3.35. The number of nitrogens with zero attached hydrogens (tertiary/aromatic N) is 4. The third-order valence-corrected chi connectivity index (χ3v) is 3.31. The summed E-state index contributed by atoms with van der Waals surface area (Å²) in [6, 6.07) is 0. The zero-order valence-electron chi connectivity index (χ0n) is 10.8. The highest BCUT2D eigenvalue weighted by Crippen LogP contribution is 2.22. The Morgan fingerprint density at radius 1 is 1.33 bits per heavy atom. The fraction of sp³-hybridized carbons (Fsp3) is 0.462. The van der Waals surface area contributed by atoms with Crippen LogP contribution in [-0.2, 0) is 26.6 Å². The highest BCUT2D eigenvalue weighted by Gasteiger charge is 2.19. The summed E-state index contributed by atoms with van der Waals surface area (Å²) >= 11 is 0. The van der Waals surface area contributed by atoms with Gasteiger partial charge in [-0.15, -0.1) is 0 Å². The van der Waals surface area contributed by atoms with Gasteiger partial charge in [-0.25, -0.2) is 15.0 Å². The van der Waals surface area contributed by atoms with Crippen molar-refractivity contribution in [3.63, 3.8) is 0 Å². The predicted octanol–water partition coefficient (Wildman–Crippen LogP) is 1.43. The van der Waals surface area contributed by atoms with Crippen LogP contribution >= 0.6 is 0 Å². The van der Waals surface area contributed by atoms with Crippen molar-refractivity contribution in [1.29, 1.82) is 0 Å². The number of nitrogens with one attached hydrogen (secondary N) is 1. The van der Waals surface area contributed by atoms with Crippen LogP contribution in [0.25, 0.3) is 11.5 Å². The number of fused-ring (bicyclic) bond motifs is 1. The maximum Gasteiger partial charge on any atom is 0.178 e. The van der Waals surface area contributed by atoms with Crippen molar-refractivity contribution in [2.75, 3.05) is 0 Å². The van der Waals surface area contributed by atoms with Gasteiger partial charge in [0.2, 0.25) is 0 Å². The van der Waals surface area contributed by atoms with E-state index in [4.69, 9.17) is 4.98 Å². The molecule has 0 unspecified atom stereocenters. The molecule has 18 heavy (non-hydrogen) atoms. The lowest BCUT2D eigenvalue weighted by atomic mass is 10.1. The molecule has 0 aliphatic carbocycles. The average molecular weight is 243 g/mol. The quantitative estimate of drug-likeness (QED) is 0.886. The predicted molar refractivity (Wildman–Crippen MR) is 68.8 cm³/mol. The van der Waals surface area contributed by atoms with Crippen molar-refractivity contribution in [3.05, 3.63) is 29.5 Å². The topological polar surface area (TPSA) is 55.6 Å². The summed E-state index contributed by atoms with van der Waals surface area (Å²) < 4.78 is 1.96. The summed E-state index contributed by atoms with van der Waals surface area (Å²) in [6.07, 6.45) is 5.72. The zero-order valence-corrected chi connectivity index (χ0v) is 10.8. The average Bonchev–Trinajstić information content (AvgIpc) is 2.97. The van der Waals surface area contributed by atoms with E-state index in [1.54, 1.807) is 6.33 Å². The minimum Gasteiger partial charge on any atom is -0.331 e. The molecule has 3 heterocycles. The van der Waals surface area contributed by atoms with E-state index in [9.17, 15) is 0 Å². The first kappa shape index (κ1) is 11.3. The number of imidazole rings is 1. The van der Waals surface area contributed by atoms with Crippen LogP contribution in [0.2, 0.25) is 0 Å². The second-order valence-corrected chi connectivity index (χ2v) is 4.66. The third-order valence-electron chi connectivity index (χ3n) is 3.31. The second-order valence-electron chi connectivity index (χ2n) is 4.66. The van der Waals surface area contributed by atoms with Gasteiger partial charge in [0.15, 0.2) is 5.82 Å². The van der Waals surface area contributed by atoms with E-state index in [0.29, 0.717) is 0 Å². The lowest BCUT2D eigenvalue weighted by molar-refractivity contribution is 0.753. The molecule has 5 heteroatoms. The van der Waals surface area contributed by atoms with Crippen LogP contribution in [0.5, 0.6) is 0 Å². The molecule has 0 saturated heterocycles. The Labute approximate surface area is 106 Å². The second kappa shape index (κ2) is 4.49. The van der Waals surface area contributed by atoms with Crippen LogP contribution in [0.1, 0.15) is 30.3 Å². The van der Waals surface area contributed by atoms with Crippen molar-refractivity contribution in [3.8, 4) is 11.5 Å². The van der Waals surface area contributed by atoms with Crippen molar-refractivity contribution >= 4 is 0 Å². The van der Waals surface area contributed by atoms with Crippen LogP contribution in [0, 0.1) is 0 Å². The molecule has 0 aromatic carbocycles. The van der Waals surface area contributed by atoms with E-state index in [2.05, 4.69) is 22.2 Å². The fourth-order valence-electron chi connectivity index (χ4n) is 2.37. The molecule has 3 rings (SSSR count). The van der Waals surface area contributed by atoms with E-state index in [1.165, 1.54) is 11.3 Å². The Morgan fingerprint density at radius 2 is 2.22 bits per heavy atom. The highest BCUT2D eigenvalue weighted by atomic mass is 15.1. The molecule has 0 saturated carbocycles. The molecule has 2 aromatic heterocycles. The Morgan fingerprint density at radius 3 is 2.94 bits per heavy atom. The third kappa shape index (κ3) is 1.80. The van der Waals surface area contributed by atoms with Crippen molar-refractivity contribution < 1.29 is 0 Å². The van der Waals surface area contributed by atoms with Gasteiger partial charge in [0.1, 0.15) is 5.69 Å². The number of rotatable bonds is 3. The monoisotopic (exact) mass is 243 g/mol. The first-order chi connectivity index (χ1) is 8.79. The van der Waals surface area contributed by atoms with Crippen molar-refractivity contribution in [2.24, 2.45) is 7.05 Å². The van der Waals surface area contributed by atoms with Crippen LogP contribution in [0.4, 0.5) is 0 Å². The molecule has 0 atom stereocenters. The van der Waals surface area contributed by atoms with Crippen LogP contribution in [-0.4, -0.2) is 19.5 Å². The molecular formula is C13H17N5. The first-order valence-electron chi connectivity index (χ1n) is 6.35. The molecule has 2 aromatic rings. The molecule has 0 fully saturated rings. The standard InChI is InChI=1S/C13H17N5/c1-3-4-10-9-5-14-6-11(9)17-13(16-10)12-7-15-8-18(12)2/h7-8,14H,3-6H2,1-2H3. The summed E-state index contributed by atoms with van der Waals surface area (Å²) in [7, 11) is 1.97. The normalized spacial score (nSPS) is 13.9. The summed E-state index contributed by atoms with van der Waals surface area (Å²) in [6.45, 7) is 3.93. The van der Waals surface area contributed by atoms with Gasteiger partial charge in [-0.3, -0.25) is 0 Å². The van der Waals surface area contributed by atoms with Gasteiger partial charge in [0.25, 0.3) is 0 Å². The van der Waals surface area contributed by atoms with Gasteiger partial charge in [0.05, 0.1) is 18.2 Å². The molecule has 0 amide bonds. The van der Waals surface area contributed by atoms with Gasteiger partial charge in [-0.2, -0.15) is 0 Å². The summed E-state index contributed by atoms with van der Waals surface area (Å²) in [5.74, 6) is 0.793. The molecule has 1 aliphatic heterocycles. The molecule has 94 valence electrons. The van der Waals surface area contributed by atoms with Gasteiger partial charge in [-0.1, -0.05) is 13.3 Å². The smallest absolute Gasteiger partial charge is 0.178 e. The van der Waals surface area contributed by atoms with Crippen LogP contribution in [0.15, 0.2) is 12.5 Å². The van der Waals surface area contributed by atoms with E-state index < -0.39 is 0 Å². The van der Waals surface area contributed by atoms with E-state index in [-0.39, 0.29) is 0 Å². The SMILES string of the molecule is CCCc1nc(-c2cncn2C)nc2c1CNC2. The Balaban J connectivity index is 2.12.